The Labute approximate surface area is 170 Å². The first-order valence-corrected chi connectivity index (χ1v) is 10.3. The predicted molar refractivity (Wildman–Crippen MR) is 118 cm³/mol. The van der Waals surface area contributed by atoms with Crippen LogP contribution in [0.5, 0.6) is 0 Å². The van der Waals surface area contributed by atoms with Crippen molar-refractivity contribution < 1.29 is 0 Å². The van der Waals surface area contributed by atoms with E-state index >= 15 is 0 Å². The van der Waals surface area contributed by atoms with E-state index in [1.807, 2.05) is 18.2 Å². The molecule has 3 atom stereocenters. The first-order valence-electron chi connectivity index (χ1n) is 10.3. The van der Waals surface area contributed by atoms with Gasteiger partial charge in [-0.15, -0.1) is 0 Å². The lowest BCUT2D eigenvalue weighted by atomic mass is 9.89. The van der Waals surface area contributed by atoms with Gasteiger partial charge >= 0.3 is 0 Å². The zero-order valence-corrected chi connectivity index (χ0v) is 16.6. The first-order chi connectivity index (χ1) is 14.1. The fourth-order valence-corrected chi connectivity index (χ4v) is 4.89. The minimum atomic E-state index is 0.483. The zero-order valence-electron chi connectivity index (χ0n) is 16.6. The number of rotatable bonds is 4. The topological polar surface area (TPSA) is 95.6 Å². The molecule has 0 saturated heterocycles. The number of fused-ring (bicyclic) bond motifs is 2. The molecule has 0 spiro atoms. The molecular formula is C23H26N6. The fourth-order valence-electron chi connectivity index (χ4n) is 4.89. The van der Waals surface area contributed by atoms with Crippen LogP contribution in [0.15, 0.2) is 48.9 Å². The van der Waals surface area contributed by atoms with E-state index < -0.39 is 0 Å². The summed E-state index contributed by atoms with van der Waals surface area (Å²) in [6.07, 6.45) is 8.46. The van der Waals surface area contributed by atoms with Gasteiger partial charge in [0.25, 0.3) is 0 Å². The van der Waals surface area contributed by atoms with Crippen LogP contribution in [0, 0.1) is 5.92 Å². The SMILES string of the molecule is CC(CC1CCC(n2ccc3c(N)ncnc32)C1)c1ccc2ccc(N)nc2c1. The molecule has 148 valence electrons. The maximum atomic E-state index is 6.00. The van der Waals surface area contributed by atoms with E-state index in [1.165, 1.54) is 31.2 Å². The fraction of sp³-hybridized carbons (Fsp3) is 0.348. The molecule has 29 heavy (non-hydrogen) atoms. The molecule has 3 unspecified atom stereocenters. The Balaban J connectivity index is 1.31. The Morgan fingerprint density at radius 1 is 1.10 bits per heavy atom. The van der Waals surface area contributed by atoms with Crippen LogP contribution >= 0.6 is 0 Å². The Morgan fingerprint density at radius 2 is 1.97 bits per heavy atom. The minimum Gasteiger partial charge on any atom is -0.384 e. The standard InChI is InChI=1S/C23H26N6/c1-14(17-4-3-16-5-7-21(24)28-20(16)12-17)10-15-2-6-18(11-15)29-9-8-19-22(25)26-13-27-23(19)29/h3-5,7-9,12-15,18H,2,6,10-11H2,1H3,(H2,24,28)(H2,25,26,27). The maximum absolute atomic E-state index is 6.00. The zero-order chi connectivity index (χ0) is 20.0. The van der Waals surface area contributed by atoms with Gasteiger partial charge in [0.2, 0.25) is 0 Å². The average molecular weight is 387 g/mol. The summed E-state index contributed by atoms with van der Waals surface area (Å²) in [5.41, 5.74) is 15.1. The number of pyridine rings is 1. The van der Waals surface area contributed by atoms with Gasteiger partial charge in [0.15, 0.2) is 0 Å². The summed E-state index contributed by atoms with van der Waals surface area (Å²) in [6.45, 7) is 2.32. The summed E-state index contributed by atoms with van der Waals surface area (Å²) < 4.78 is 2.29. The number of benzene rings is 1. The van der Waals surface area contributed by atoms with E-state index in [-0.39, 0.29) is 0 Å². The molecule has 0 amide bonds. The lowest BCUT2D eigenvalue weighted by Crippen LogP contribution is -2.07. The van der Waals surface area contributed by atoms with Crippen molar-refractivity contribution in [1.29, 1.82) is 0 Å². The van der Waals surface area contributed by atoms with E-state index in [0.717, 1.165) is 21.9 Å². The van der Waals surface area contributed by atoms with Crippen molar-refractivity contribution in [2.24, 2.45) is 5.92 Å². The van der Waals surface area contributed by atoms with Gasteiger partial charge in [-0.25, -0.2) is 15.0 Å². The lowest BCUT2D eigenvalue weighted by Gasteiger charge is -2.18. The average Bonchev–Trinajstić information content (AvgIpc) is 3.35. The van der Waals surface area contributed by atoms with Crippen LogP contribution in [0.3, 0.4) is 0 Å². The highest BCUT2D eigenvalue weighted by Crippen LogP contribution is 2.41. The van der Waals surface area contributed by atoms with Crippen molar-refractivity contribution >= 4 is 33.6 Å². The van der Waals surface area contributed by atoms with Crippen LogP contribution in [-0.4, -0.2) is 19.5 Å². The van der Waals surface area contributed by atoms with Crippen LogP contribution in [0.4, 0.5) is 11.6 Å². The normalized spacial score (nSPS) is 20.4. The molecule has 4 aromatic rings. The maximum Gasteiger partial charge on any atom is 0.145 e. The summed E-state index contributed by atoms with van der Waals surface area (Å²) in [4.78, 5) is 13.1. The van der Waals surface area contributed by atoms with Gasteiger partial charge in [-0.2, -0.15) is 0 Å². The molecule has 3 aromatic heterocycles. The van der Waals surface area contributed by atoms with Gasteiger partial charge in [-0.3, -0.25) is 0 Å². The van der Waals surface area contributed by atoms with Crippen LogP contribution in [0.25, 0.3) is 21.9 Å². The molecule has 1 aromatic carbocycles. The quantitative estimate of drug-likeness (QED) is 0.531. The molecule has 1 aliphatic carbocycles. The third-order valence-corrected chi connectivity index (χ3v) is 6.44. The van der Waals surface area contributed by atoms with Crippen molar-refractivity contribution in [3.05, 3.63) is 54.5 Å². The molecular weight excluding hydrogens is 360 g/mol. The largest absolute Gasteiger partial charge is 0.384 e. The van der Waals surface area contributed by atoms with Crippen molar-refractivity contribution in [1.82, 2.24) is 19.5 Å². The second-order valence-corrected chi connectivity index (χ2v) is 8.38. The second kappa shape index (κ2) is 7.03. The van der Waals surface area contributed by atoms with Crippen molar-refractivity contribution in [3.63, 3.8) is 0 Å². The molecule has 1 saturated carbocycles. The Bertz CT molecular complexity index is 1180. The minimum absolute atomic E-state index is 0.483. The van der Waals surface area contributed by atoms with Crippen LogP contribution in [0.2, 0.25) is 0 Å². The Kier molecular flexibility index (Phi) is 4.34. The number of aromatic nitrogens is 4. The highest BCUT2D eigenvalue weighted by Gasteiger charge is 2.28. The molecule has 5 rings (SSSR count). The molecule has 0 radical (unpaired) electrons. The van der Waals surface area contributed by atoms with E-state index in [9.17, 15) is 0 Å². The second-order valence-electron chi connectivity index (χ2n) is 8.38. The van der Waals surface area contributed by atoms with E-state index in [2.05, 4.69) is 50.8 Å². The highest BCUT2D eigenvalue weighted by molar-refractivity contribution is 5.86. The van der Waals surface area contributed by atoms with Gasteiger partial charge in [0.1, 0.15) is 23.6 Å². The Hall–Kier alpha value is -3.15. The van der Waals surface area contributed by atoms with Crippen molar-refractivity contribution in [3.8, 4) is 0 Å². The number of nitrogens with zero attached hydrogens (tertiary/aromatic N) is 4. The monoisotopic (exact) mass is 386 g/mol. The van der Waals surface area contributed by atoms with Crippen molar-refractivity contribution in [2.45, 2.75) is 44.6 Å². The first kappa shape index (κ1) is 17.9. The number of hydrogen-bond donors (Lipinski definition) is 2. The smallest absolute Gasteiger partial charge is 0.145 e. The van der Waals surface area contributed by atoms with Crippen LogP contribution in [0.1, 0.15) is 50.1 Å². The molecule has 1 aliphatic rings. The summed E-state index contributed by atoms with van der Waals surface area (Å²) in [5, 5.41) is 2.09. The third kappa shape index (κ3) is 3.28. The van der Waals surface area contributed by atoms with E-state index in [4.69, 9.17) is 11.5 Å². The van der Waals surface area contributed by atoms with Crippen LogP contribution < -0.4 is 11.5 Å². The number of hydrogen-bond acceptors (Lipinski definition) is 5. The molecule has 0 aliphatic heterocycles. The van der Waals surface area contributed by atoms with Gasteiger partial charge in [-0.05, 0) is 67.3 Å². The number of nitrogen functional groups attached to an aromatic ring is 2. The summed E-state index contributed by atoms with van der Waals surface area (Å²) in [6, 6.07) is 13.0. The summed E-state index contributed by atoms with van der Waals surface area (Å²) in [7, 11) is 0. The van der Waals surface area contributed by atoms with Crippen molar-refractivity contribution in [2.75, 3.05) is 11.5 Å². The molecule has 4 N–H and O–H groups in total. The molecule has 6 heteroatoms. The third-order valence-electron chi connectivity index (χ3n) is 6.44. The molecule has 3 heterocycles. The van der Waals surface area contributed by atoms with Gasteiger partial charge in [0, 0.05) is 17.6 Å². The molecule has 1 fully saturated rings. The number of nitrogens with two attached hydrogens (primary N) is 2. The Morgan fingerprint density at radius 3 is 2.86 bits per heavy atom. The summed E-state index contributed by atoms with van der Waals surface area (Å²) >= 11 is 0. The lowest BCUT2D eigenvalue weighted by molar-refractivity contribution is 0.433. The summed E-state index contributed by atoms with van der Waals surface area (Å²) in [5.74, 6) is 2.33. The highest BCUT2D eigenvalue weighted by atomic mass is 15.1. The van der Waals surface area contributed by atoms with Gasteiger partial charge < -0.3 is 16.0 Å². The van der Waals surface area contributed by atoms with Crippen LogP contribution in [-0.2, 0) is 0 Å². The molecule has 6 nitrogen and oxygen atoms in total. The van der Waals surface area contributed by atoms with E-state index in [1.54, 1.807) is 6.33 Å². The van der Waals surface area contributed by atoms with E-state index in [0.29, 0.717) is 29.5 Å². The molecule has 0 bridgehead atoms. The number of anilines is 2. The van der Waals surface area contributed by atoms with Gasteiger partial charge in [-0.1, -0.05) is 19.1 Å². The predicted octanol–water partition coefficient (Wildman–Crippen LogP) is 4.68. The van der Waals surface area contributed by atoms with Gasteiger partial charge in [0.05, 0.1) is 10.9 Å².